The molecular formula is C12H15N3. The smallest absolute Gasteiger partial charge is 0.0991 e. The van der Waals surface area contributed by atoms with E-state index >= 15 is 0 Å². The minimum absolute atomic E-state index is 0.341. The molecule has 0 amide bonds. The predicted molar refractivity (Wildman–Crippen MR) is 60.4 cm³/mol. The highest BCUT2D eigenvalue weighted by Crippen LogP contribution is 2.44. The largest absolute Gasteiger partial charge is 0.384 e. The highest BCUT2D eigenvalue weighted by molar-refractivity contribution is 5.47. The van der Waals surface area contributed by atoms with Gasteiger partial charge in [0.1, 0.15) is 0 Å². The lowest BCUT2D eigenvalue weighted by atomic mass is 10.1. The fraction of sp³-hybridized carbons (Fsp3) is 0.417. The Labute approximate surface area is 89.9 Å². The zero-order valence-electron chi connectivity index (χ0n) is 8.66. The number of benzene rings is 1. The van der Waals surface area contributed by atoms with Crippen molar-refractivity contribution in [1.29, 1.82) is 5.26 Å². The molecule has 0 unspecified atom stereocenters. The Kier molecular flexibility index (Phi) is 2.61. The lowest BCUT2D eigenvalue weighted by Gasteiger charge is -2.14. The lowest BCUT2D eigenvalue weighted by Crippen LogP contribution is -2.24. The Bertz CT molecular complexity index is 371. The van der Waals surface area contributed by atoms with Gasteiger partial charge in [-0.25, -0.2) is 0 Å². The van der Waals surface area contributed by atoms with E-state index in [1.807, 2.05) is 24.3 Å². The van der Waals surface area contributed by atoms with Crippen LogP contribution in [0, 0.1) is 16.7 Å². The van der Waals surface area contributed by atoms with Crippen LogP contribution in [0.4, 0.5) is 5.69 Å². The SMILES string of the molecule is N#Cc1ccc(NCC2(CN)CC2)cc1. The molecule has 1 aromatic rings. The molecule has 1 aromatic carbocycles. The van der Waals surface area contributed by atoms with Crippen molar-refractivity contribution in [2.45, 2.75) is 12.8 Å². The van der Waals surface area contributed by atoms with Crippen molar-refractivity contribution in [1.82, 2.24) is 0 Å². The van der Waals surface area contributed by atoms with E-state index < -0.39 is 0 Å². The summed E-state index contributed by atoms with van der Waals surface area (Å²) in [6.07, 6.45) is 2.46. The molecule has 15 heavy (non-hydrogen) atoms. The topological polar surface area (TPSA) is 61.8 Å². The third-order valence-corrected chi connectivity index (χ3v) is 3.07. The number of anilines is 1. The van der Waals surface area contributed by atoms with Crippen molar-refractivity contribution in [3.63, 3.8) is 0 Å². The first-order valence-electron chi connectivity index (χ1n) is 5.22. The van der Waals surface area contributed by atoms with E-state index in [4.69, 9.17) is 11.0 Å². The number of hydrogen-bond donors (Lipinski definition) is 2. The van der Waals surface area contributed by atoms with E-state index in [9.17, 15) is 0 Å². The van der Waals surface area contributed by atoms with Gasteiger partial charge in [0, 0.05) is 12.2 Å². The van der Waals surface area contributed by atoms with Gasteiger partial charge >= 0.3 is 0 Å². The number of nitrogens with one attached hydrogen (secondary N) is 1. The normalized spacial score (nSPS) is 16.8. The van der Waals surface area contributed by atoms with Gasteiger partial charge in [0.05, 0.1) is 11.6 Å². The molecule has 0 radical (unpaired) electrons. The molecule has 0 atom stereocenters. The second-order valence-corrected chi connectivity index (χ2v) is 4.25. The lowest BCUT2D eigenvalue weighted by molar-refractivity contribution is 0.556. The van der Waals surface area contributed by atoms with Gasteiger partial charge in [-0.05, 0) is 49.1 Å². The van der Waals surface area contributed by atoms with Crippen molar-refractivity contribution >= 4 is 5.69 Å². The van der Waals surface area contributed by atoms with Crippen molar-refractivity contribution in [3.05, 3.63) is 29.8 Å². The number of nitrogens with two attached hydrogens (primary N) is 1. The quantitative estimate of drug-likeness (QED) is 0.779. The van der Waals surface area contributed by atoms with Gasteiger partial charge in [0.15, 0.2) is 0 Å². The third kappa shape index (κ3) is 2.28. The molecule has 0 bridgehead atoms. The summed E-state index contributed by atoms with van der Waals surface area (Å²) in [4.78, 5) is 0. The standard InChI is InChI=1S/C12H15N3/c13-7-10-1-3-11(4-2-10)15-9-12(8-14)5-6-12/h1-4,15H,5-6,8-9,14H2. The number of hydrogen-bond acceptors (Lipinski definition) is 3. The molecule has 0 spiro atoms. The van der Waals surface area contributed by atoms with Crippen molar-refractivity contribution < 1.29 is 0 Å². The van der Waals surface area contributed by atoms with Crippen LogP contribution in [0.15, 0.2) is 24.3 Å². The molecule has 0 aromatic heterocycles. The van der Waals surface area contributed by atoms with Gasteiger partial charge in [-0.1, -0.05) is 0 Å². The van der Waals surface area contributed by atoms with Crippen LogP contribution in [0.1, 0.15) is 18.4 Å². The van der Waals surface area contributed by atoms with E-state index in [-0.39, 0.29) is 0 Å². The Morgan fingerprint density at radius 1 is 1.33 bits per heavy atom. The summed E-state index contributed by atoms with van der Waals surface area (Å²) < 4.78 is 0. The summed E-state index contributed by atoms with van der Waals surface area (Å²) in [5.74, 6) is 0. The maximum absolute atomic E-state index is 8.65. The molecular weight excluding hydrogens is 186 g/mol. The molecule has 2 rings (SSSR count). The molecule has 1 saturated carbocycles. The van der Waals surface area contributed by atoms with Crippen LogP contribution < -0.4 is 11.1 Å². The molecule has 1 aliphatic rings. The van der Waals surface area contributed by atoms with Crippen LogP contribution in [0.2, 0.25) is 0 Å². The Morgan fingerprint density at radius 3 is 2.47 bits per heavy atom. The molecule has 3 nitrogen and oxygen atoms in total. The van der Waals surface area contributed by atoms with Crippen LogP contribution in [-0.4, -0.2) is 13.1 Å². The molecule has 1 aliphatic carbocycles. The summed E-state index contributed by atoms with van der Waals surface area (Å²) in [5.41, 5.74) is 7.80. The van der Waals surface area contributed by atoms with Crippen molar-refractivity contribution in [3.8, 4) is 6.07 Å². The van der Waals surface area contributed by atoms with Gasteiger partial charge in [-0.15, -0.1) is 0 Å². The number of nitrogens with zero attached hydrogens (tertiary/aromatic N) is 1. The minimum Gasteiger partial charge on any atom is -0.384 e. The molecule has 0 saturated heterocycles. The summed E-state index contributed by atoms with van der Waals surface area (Å²) in [5, 5.41) is 12.0. The van der Waals surface area contributed by atoms with Crippen molar-refractivity contribution in [2.24, 2.45) is 11.1 Å². The summed E-state index contributed by atoms with van der Waals surface area (Å²) in [7, 11) is 0. The average Bonchev–Trinajstić information content (AvgIpc) is 3.08. The van der Waals surface area contributed by atoms with Crippen LogP contribution in [0.5, 0.6) is 0 Å². The maximum atomic E-state index is 8.65. The number of nitriles is 1. The first-order chi connectivity index (χ1) is 7.28. The average molecular weight is 201 g/mol. The fourth-order valence-electron chi connectivity index (χ4n) is 1.58. The third-order valence-electron chi connectivity index (χ3n) is 3.07. The first-order valence-corrected chi connectivity index (χ1v) is 5.22. The molecule has 0 heterocycles. The highest BCUT2D eigenvalue weighted by Gasteiger charge is 2.40. The van der Waals surface area contributed by atoms with E-state index in [1.54, 1.807) is 0 Å². The second kappa shape index (κ2) is 3.92. The van der Waals surface area contributed by atoms with Gasteiger partial charge in [-0.3, -0.25) is 0 Å². The summed E-state index contributed by atoms with van der Waals surface area (Å²) in [6, 6.07) is 9.62. The Morgan fingerprint density at radius 2 is 2.00 bits per heavy atom. The van der Waals surface area contributed by atoms with Crippen LogP contribution in [-0.2, 0) is 0 Å². The zero-order chi connectivity index (χ0) is 10.7. The molecule has 0 aliphatic heterocycles. The van der Waals surface area contributed by atoms with Gasteiger partial charge in [-0.2, -0.15) is 5.26 Å². The molecule has 3 N–H and O–H groups in total. The molecule has 3 heteroatoms. The Hall–Kier alpha value is -1.53. The Balaban J connectivity index is 1.91. The summed E-state index contributed by atoms with van der Waals surface area (Å²) >= 11 is 0. The monoisotopic (exact) mass is 201 g/mol. The van der Waals surface area contributed by atoms with Gasteiger partial charge in [0.2, 0.25) is 0 Å². The maximum Gasteiger partial charge on any atom is 0.0991 e. The fourth-order valence-corrected chi connectivity index (χ4v) is 1.58. The minimum atomic E-state index is 0.341. The first kappa shape index (κ1) is 10.0. The van der Waals surface area contributed by atoms with E-state index in [1.165, 1.54) is 12.8 Å². The van der Waals surface area contributed by atoms with Gasteiger partial charge < -0.3 is 11.1 Å². The second-order valence-electron chi connectivity index (χ2n) is 4.25. The van der Waals surface area contributed by atoms with E-state index in [2.05, 4.69) is 11.4 Å². The predicted octanol–water partition coefficient (Wildman–Crippen LogP) is 1.71. The zero-order valence-corrected chi connectivity index (χ0v) is 8.66. The highest BCUT2D eigenvalue weighted by atomic mass is 14.9. The summed E-state index contributed by atoms with van der Waals surface area (Å²) in [6.45, 7) is 1.70. The molecule has 78 valence electrons. The van der Waals surface area contributed by atoms with E-state index in [0.29, 0.717) is 11.0 Å². The van der Waals surface area contributed by atoms with Crippen molar-refractivity contribution in [2.75, 3.05) is 18.4 Å². The van der Waals surface area contributed by atoms with Crippen LogP contribution >= 0.6 is 0 Å². The van der Waals surface area contributed by atoms with Crippen LogP contribution in [0.25, 0.3) is 0 Å². The molecule has 1 fully saturated rings. The number of rotatable bonds is 4. The van der Waals surface area contributed by atoms with Crippen LogP contribution in [0.3, 0.4) is 0 Å². The van der Waals surface area contributed by atoms with Gasteiger partial charge in [0.25, 0.3) is 0 Å². The van der Waals surface area contributed by atoms with E-state index in [0.717, 1.165) is 18.8 Å².